The molecule has 0 amide bonds. The molecule has 0 aliphatic rings. The second-order valence-corrected chi connectivity index (χ2v) is 2.96. The van der Waals surface area contributed by atoms with Gasteiger partial charge >= 0.3 is 0 Å². The van der Waals surface area contributed by atoms with E-state index in [1.165, 1.54) is 0 Å². The van der Waals surface area contributed by atoms with Crippen molar-refractivity contribution in [3.8, 4) is 11.6 Å². The fourth-order valence-electron chi connectivity index (χ4n) is 1.14. The van der Waals surface area contributed by atoms with Gasteiger partial charge in [0.25, 0.3) is 0 Å². The Morgan fingerprint density at radius 2 is 2.14 bits per heavy atom. The highest BCUT2D eigenvalue weighted by atomic mass is 16.5. The highest BCUT2D eigenvalue weighted by molar-refractivity contribution is 5.30. The number of ether oxygens (including phenoxy) is 1. The zero-order valence-electron chi connectivity index (χ0n) is 7.84. The summed E-state index contributed by atoms with van der Waals surface area (Å²) in [6.07, 6.45) is 4.80. The van der Waals surface area contributed by atoms with E-state index in [-0.39, 0.29) is 0 Å². The maximum absolute atomic E-state index is 5.49. The van der Waals surface area contributed by atoms with Gasteiger partial charge in [-0.05, 0) is 24.6 Å². The maximum atomic E-state index is 5.49. The molecular formula is C11H10N2O. The summed E-state index contributed by atoms with van der Waals surface area (Å²) in [5.41, 5.74) is 1.16. The number of aryl methyl sites for hydroxylation is 1. The molecule has 0 unspecified atom stereocenters. The Labute approximate surface area is 82.4 Å². The molecule has 1 aromatic heterocycles. The molecule has 1 heterocycles. The highest BCUT2D eigenvalue weighted by Gasteiger charge is 1.96. The average molecular weight is 186 g/mol. The van der Waals surface area contributed by atoms with Gasteiger partial charge < -0.3 is 4.74 Å². The quantitative estimate of drug-likeness (QED) is 0.723. The van der Waals surface area contributed by atoms with Crippen LogP contribution in [0.15, 0.2) is 42.9 Å². The van der Waals surface area contributed by atoms with Crippen LogP contribution in [0.5, 0.6) is 11.6 Å². The standard InChI is InChI=1S/C11H10N2O/c1-9-3-2-4-10(7-9)14-11-8-12-5-6-13-11/h2-8H,1H3. The molecule has 0 spiro atoms. The molecule has 0 radical (unpaired) electrons. The fourth-order valence-corrected chi connectivity index (χ4v) is 1.14. The summed E-state index contributed by atoms with van der Waals surface area (Å²) in [6.45, 7) is 2.02. The van der Waals surface area contributed by atoms with Crippen molar-refractivity contribution in [2.45, 2.75) is 6.92 Å². The van der Waals surface area contributed by atoms with Gasteiger partial charge in [0, 0.05) is 12.4 Å². The van der Waals surface area contributed by atoms with E-state index in [1.54, 1.807) is 18.6 Å². The van der Waals surface area contributed by atoms with E-state index in [0.29, 0.717) is 5.88 Å². The third-order valence-corrected chi connectivity index (χ3v) is 1.75. The van der Waals surface area contributed by atoms with Gasteiger partial charge in [-0.3, -0.25) is 4.98 Å². The molecule has 14 heavy (non-hydrogen) atoms. The van der Waals surface area contributed by atoms with Crippen molar-refractivity contribution in [3.05, 3.63) is 48.4 Å². The van der Waals surface area contributed by atoms with Crippen LogP contribution < -0.4 is 4.74 Å². The minimum Gasteiger partial charge on any atom is -0.437 e. The third-order valence-electron chi connectivity index (χ3n) is 1.75. The maximum Gasteiger partial charge on any atom is 0.237 e. The molecule has 3 nitrogen and oxygen atoms in total. The minimum atomic E-state index is 0.512. The van der Waals surface area contributed by atoms with E-state index < -0.39 is 0 Å². The molecular weight excluding hydrogens is 176 g/mol. The van der Waals surface area contributed by atoms with Crippen molar-refractivity contribution in [2.24, 2.45) is 0 Å². The van der Waals surface area contributed by atoms with Gasteiger partial charge in [-0.1, -0.05) is 12.1 Å². The SMILES string of the molecule is Cc1cccc(Oc2cnccn2)c1. The number of nitrogens with zero attached hydrogens (tertiary/aromatic N) is 2. The van der Waals surface area contributed by atoms with Gasteiger partial charge in [-0.2, -0.15) is 0 Å². The zero-order chi connectivity index (χ0) is 9.80. The fraction of sp³-hybridized carbons (Fsp3) is 0.0909. The van der Waals surface area contributed by atoms with Crippen molar-refractivity contribution < 1.29 is 4.74 Å². The smallest absolute Gasteiger partial charge is 0.237 e. The third kappa shape index (κ3) is 2.07. The number of benzene rings is 1. The predicted octanol–water partition coefficient (Wildman–Crippen LogP) is 2.58. The lowest BCUT2D eigenvalue weighted by Gasteiger charge is -2.03. The van der Waals surface area contributed by atoms with Crippen molar-refractivity contribution in [1.29, 1.82) is 0 Å². The molecule has 2 rings (SSSR count). The predicted molar refractivity (Wildman–Crippen MR) is 53.3 cm³/mol. The molecule has 70 valence electrons. The van der Waals surface area contributed by atoms with E-state index in [4.69, 9.17) is 4.74 Å². The van der Waals surface area contributed by atoms with E-state index in [9.17, 15) is 0 Å². The van der Waals surface area contributed by atoms with Gasteiger partial charge in [0.1, 0.15) is 5.75 Å². The first-order valence-corrected chi connectivity index (χ1v) is 4.35. The van der Waals surface area contributed by atoms with Crippen molar-refractivity contribution in [2.75, 3.05) is 0 Å². The summed E-state index contributed by atoms with van der Waals surface area (Å²) in [4.78, 5) is 7.93. The molecule has 0 fully saturated rings. The Kier molecular flexibility index (Phi) is 2.40. The molecule has 0 saturated carbocycles. The summed E-state index contributed by atoms with van der Waals surface area (Å²) in [6, 6.07) is 7.81. The summed E-state index contributed by atoms with van der Waals surface area (Å²) in [5.74, 6) is 1.30. The van der Waals surface area contributed by atoms with Crippen LogP contribution in [0, 0.1) is 6.92 Å². The van der Waals surface area contributed by atoms with E-state index in [1.807, 2.05) is 31.2 Å². The summed E-state index contributed by atoms with van der Waals surface area (Å²) >= 11 is 0. The lowest BCUT2D eigenvalue weighted by molar-refractivity contribution is 0.460. The van der Waals surface area contributed by atoms with Crippen LogP contribution in [0.25, 0.3) is 0 Å². The summed E-state index contributed by atoms with van der Waals surface area (Å²) < 4.78 is 5.49. The van der Waals surface area contributed by atoms with Crippen LogP contribution in [0.3, 0.4) is 0 Å². The molecule has 3 heteroatoms. The number of hydrogen-bond acceptors (Lipinski definition) is 3. The largest absolute Gasteiger partial charge is 0.437 e. The van der Waals surface area contributed by atoms with Crippen LogP contribution in [0.2, 0.25) is 0 Å². The molecule has 2 aromatic rings. The van der Waals surface area contributed by atoms with Crippen LogP contribution in [-0.2, 0) is 0 Å². The van der Waals surface area contributed by atoms with Crippen molar-refractivity contribution in [1.82, 2.24) is 9.97 Å². The first kappa shape index (κ1) is 8.69. The molecule has 0 N–H and O–H groups in total. The molecule has 0 aliphatic heterocycles. The van der Waals surface area contributed by atoms with E-state index >= 15 is 0 Å². The van der Waals surface area contributed by atoms with E-state index in [2.05, 4.69) is 9.97 Å². The Morgan fingerprint density at radius 3 is 2.86 bits per heavy atom. The second-order valence-electron chi connectivity index (χ2n) is 2.96. The lowest BCUT2D eigenvalue weighted by Crippen LogP contribution is -1.88. The minimum absolute atomic E-state index is 0.512. The molecule has 0 aliphatic carbocycles. The topological polar surface area (TPSA) is 35.0 Å². The Hall–Kier alpha value is -1.90. The highest BCUT2D eigenvalue weighted by Crippen LogP contribution is 2.18. The number of hydrogen-bond donors (Lipinski definition) is 0. The van der Waals surface area contributed by atoms with Gasteiger partial charge in [0.15, 0.2) is 0 Å². The number of aromatic nitrogens is 2. The van der Waals surface area contributed by atoms with Crippen molar-refractivity contribution >= 4 is 0 Å². The number of rotatable bonds is 2. The average Bonchev–Trinajstić information content (AvgIpc) is 2.19. The van der Waals surface area contributed by atoms with Gasteiger partial charge in [0.05, 0.1) is 6.20 Å². The Balaban J connectivity index is 2.19. The second kappa shape index (κ2) is 3.87. The summed E-state index contributed by atoms with van der Waals surface area (Å²) in [7, 11) is 0. The van der Waals surface area contributed by atoms with Crippen molar-refractivity contribution in [3.63, 3.8) is 0 Å². The molecule has 0 bridgehead atoms. The monoisotopic (exact) mass is 186 g/mol. The first-order valence-electron chi connectivity index (χ1n) is 4.35. The molecule has 0 atom stereocenters. The van der Waals surface area contributed by atoms with E-state index in [0.717, 1.165) is 11.3 Å². The normalized spacial score (nSPS) is 9.79. The van der Waals surface area contributed by atoms with Crippen LogP contribution in [0.1, 0.15) is 5.56 Å². The summed E-state index contributed by atoms with van der Waals surface area (Å²) in [5, 5.41) is 0. The van der Waals surface area contributed by atoms with Crippen LogP contribution in [0.4, 0.5) is 0 Å². The lowest BCUT2D eigenvalue weighted by atomic mass is 10.2. The Morgan fingerprint density at radius 1 is 1.21 bits per heavy atom. The zero-order valence-corrected chi connectivity index (χ0v) is 7.84. The molecule has 0 saturated heterocycles. The van der Waals surface area contributed by atoms with Crippen LogP contribution in [-0.4, -0.2) is 9.97 Å². The molecule has 1 aromatic carbocycles. The Bertz CT molecular complexity index is 415. The van der Waals surface area contributed by atoms with Gasteiger partial charge in [0.2, 0.25) is 5.88 Å². The first-order chi connectivity index (χ1) is 6.84. The van der Waals surface area contributed by atoms with Crippen LogP contribution >= 0.6 is 0 Å². The van der Waals surface area contributed by atoms with Gasteiger partial charge in [-0.15, -0.1) is 0 Å². The van der Waals surface area contributed by atoms with Gasteiger partial charge in [-0.25, -0.2) is 4.98 Å².